The number of fused-ring (bicyclic) bond motifs is 1. The maximum Gasteiger partial charge on any atom is 0.255 e. The van der Waals surface area contributed by atoms with Crippen LogP contribution < -0.4 is 10.1 Å². The number of nitrogens with one attached hydrogen (secondary N) is 1. The molecule has 5 rings (SSSR count). The quantitative estimate of drug-likeness (QED) is 0.677. The number of likely N-dealkylation sites (tertiary alicyclic amines) is 1. The van der Waals surface area contributed by atoms with Crippen molar-refractivity contribution < 1.29 is 23.9 Å². The van der Waals surface area contributed by atoms with Crippen LogP contribution in [0, 0.1) is 5.92 Å². The van der Waals surface area contributed by atoms with Crippen molar-refractivity contribution in [3.05, 3.63) is 29.3 Å². The minimum Gasteiger partial charge on any atom is -0.492 e. The molecule has 4 aliphatic rings. The predicted molar refractivity (Wildman–Crippen MR) is 116 cm³/mol. The molecule has 32 heavy (non-hydrogen) atoms. The minimum absolute atomic E-state index is 0.154. The topological polar surface area (TPSA) is 88.2 Å². The number of benzene rings is 1. The maximum absolute atomic E-state index is 12.9. The summed E-state index contributed by atoms with van der Waals surface area (Å²) in [6.07, 6.45) is 5.38. The van der Waals surface area contributed by atoms with Crippen LogP contribution in [0.2, 0.25) is 0 Å². The molecule has 3 fully saturated rings. The third kappa shape index (κ3) is 4.38. The van der Waals surface area contributed by atoms with E-state index in [4.69, 9.17) is 9.47 Å². The van der Waals surface area contributed by atoms with Crippen molar-refractivity contribution in [2.24, 2.45) is 5.92 Å². The predicted octanol–water partition coefficient (Wildman–Crippen LogP) is 1.72. The Hall–Kier alpha value is -2.45. The van der Waals surface area contributed by atoms with Crippen LogP contribution in [0.4, 0.5) is 0 Å². The molecule has 1 N–H and O–H groups in total. The zero-order valence-corrected chi connectivity index (χ0v) is 18.4. The smallest absolute Gasteiger partial charge is 0.255 e. The first-order chi connectivity index (χ1) is 15.6. The first kappa shape index (κ1) is 21.4. The second kappa shape index (κ2) is 9.19. The number of carbonyl (C=O) groups is 3. The Bertz CT molecular complexity index is 898. The van der Waals surface area contributed by atoms with Crippen LogP contribution in [0.25, 0.3) is 0 Å². The summed E-state index contributed by atoms with van der Waals surface area (Å²) >= 11 is 0. The van der Waals surface area contributed by atoms with Crippen molar-refractivity contribution in [2.45, 2.75) is 57.2 Å². The monoisotopic (exact) mass is 441 g/mol. The van der Waals surface area contributed by atoms with Crippen LogP contribution in [-0.4, -0.2) is 72.5 Å². The lowest BCUT2D eigenvalue weighted by Crippen LogP contribution is -2.52. The summed E-state index contributed by atoms with van der Waals surface area (Å²) in [5.41, 5.74) is 1.49. The lowest BCUT2D eigenvalue weighted by Gasteiger charge is -2.36. The molecule has 2 unspecified atom stereocenters. The van der Waals surface area contributed by atoms with Gasteiger partial charge in [-0.05, 0) is 61.9 Å². The summed E-state index contributed by atoms with van der Waals surface area (Å²) in [6, 6.07) is 5.39. The van der Waals surface area contributed by atoms with Crippen LogP contribution in [0.1, 0.15) is 54.4 Å². The highest BCUT2D eigenvalue weighted by Gasteiger charge is 2.39. The molecule has 3 atom stereocenters. The molecule has 3 amide bonds. The molecular formula is C24H31N3O5. The van der Waals surface area contributed by atoms with Crippen LogP contribution in [-0.2, 0) is 20.9 Å². The van der Waals surface area contributed by atoms with E-state index >= 15 is 0 Å². The molecule has 0 saturated carbocycles. The Kier molecular flexibility index (Phi) is 6.15. The van der Waals surface area contributed by atoms with Crippen molar-refractivity contribution in [1.82, 2.24) is 15.1 Å². The number of hydrogen-bond acceptors (Lipinski definition) is 6. The van der Waals surface area contributed by atoms with E-state index in [0.29, 0.717) is 37.1 Å². The third-order valence-electron chi connectivity index (χ3n) is 7.20. The molecule has 0 spiro atoms. The molecule has 0 radical (unpaired) electrons. The number of rotatable bonds is 6. The number of hydrogen-bond donors (Lipinski definition) is 1. The number of nitrogens with zero attached hydrogens (tertiary/aromatic N) is 2. The number of imide groups is 1. The van der Waals surface area contributed by atoms with Gasteiger partial charge < -0.3 is 14.4 Å². The fraction of sp³-hybridized carbons (Fsp3) is 0.625. The zero-order valence-electron chi connectivity index (χ0n) is 18.4. The molecule has 0 aliphatic carbocycles. The van der Waals surface area contributed by atoms with E-state index in [9.17, 15) is 14.4 Å². The van der Waals surface area contributed by atoms with E-state index in [1.807, 2.05) is 12.1 Å². The van der Waals surface area contributed by atoms with Gasteiger partial charge in [0, 0.05) is 37.7 Å². The van der Waals surface area contributed by atoms with E-state index in [1.54, 1.807) is 11.0 Å². The van der Waals surface area contributed by atoms with E-state index in [-0.39, 0.29) is 24.1 Å². The Morgan fingerprint density at radius 2 is 2.03 bits per heavy atom. The molecule has 1 aromatic rings. The van der Waals surface area contributed by atoms with Gasteiger partial charge in [0.1, 0.15) is 18.4 Å². The zero-order chi connectivity index (χ0) is 22.1. The Morgan fingerprint density at radius 3 is 2.84 bits per heavy atom. The summed E-state index contributed by atoms with van der Waals surface area (Å²) in [5, 5.41) is 2.34. The molecule has 1 aromatic carbocycles. The molecule has 0 bridgehead atoms. The SMILES string of the molecule is O=C1CCC(N2Cc3cc(OC[C@H]4CCCCN4CC4CCOC4)ccc3C2=O)C(=O)N1. The van der Waals surface area contributed by atoms with Gasteiger partial charge in [-0.1, -0.05) is 6.42 Å². The van der Waals surface area contributed by atoms with Gasteiger partial charge in [-0.2, -0.15) is 0 Å². The molecule has 4 heterocycles. The average molecular weight is 442 g/mol. The number of ether oxygens (including phenoxy) is 2. The maximum atomic E-state index is 12.9. The number of piperidine rings is 2. The fourth-order valence-electron chi connectivity index (χ4n) is 5.38. The molecule has 8 nitrogen and oxygen atoms in total. The lowest BCUT2D eigenvalue weighted by atomic mass is 10.00. The van der Waals surface area contributed by atoms with Gasteiger partial charge in [0.05, 0.1) is 6.61 Å². The van der Waals surface area contributed by atoms with Gasteiger partial charge in [-0.15, -0.1) is 0 Å². The van der Waals surface area contributed by atoms with Crippen molar-refractivity contribution in [3.63, 3.8) is 0 Å². The summed E-state index contributed by atoms with van der Waals surface area (Å²) in [7, 11) is 0. The lowest BCUT2D eigenvalue weighted by molar-refractivity contribution is -0.136. The highest BCUT2D eigenvalue weighted by Crippen LogP contribution is 2.30. The second-order valence-electron chi connectivity index (χ2n) is 9.40. The van der Waals surface area contributed by atoms with Crippen molar-refractivity contribution in [3.8, 4) is 5.75 Å². The highest BCUT2D eigenvalue weighted by atomic mass is 16.5. The van der Waals surface area contributed by atoms with Crippen LogP contribution in [0.3, 0.4) is 0 Å². The number of amides is 3. The highest BCUT2D eigenvalue weighted by molar-refractivity contribution is 6.05. The van der Waals surface area contributed by atoms with Crippen LogP contribution in [0.15, 0.2) is 18.2 Å². The van der Waals surface area contributed by atoms with E-state index in [0.717, 1.165) is 50.5 Å². The Morgan fingerprint density at radius 1 is 1.12 bits per heavy atom. The van der Waals surface area contributed by atoms with Crippen LogP contribution in [0.5, 0.6) is 5.75 Å². The largest absolute Gasteiger partial charge is 0.492 e. The van der Waals surface area contributed by atoms with Crippen molar-refractivity contribution >= 4 is 17.7 Å². The first-order valence-electron chi connectivity index (χ1n) is 11.8. The van der Waals surface area contributed by atoms with E-state index < -0.39 is 6.04 Å². The van der Waals surface area contributed by atoms with E-state index in [1.165, 1.54) is 12.8 Å². The van der Waals surface area contributed by atoms with Crippen LogP contribution >= 0.6 is 0 Å². The molecule has 4 aliphatic heterocycles. The first-order valence-corrected chi connectivity index (χ1v) is 11.8. The fourth-order valence-corrected chi connectivity index (χ4v) is 5.38. The molecule has 3 saturated heterocycles. The molecular weight excluding hydrogens is 410 g/mol. The van der Waals surface area contributed by atoms with Gasteiger partial charge in [-0.3, -0.25) is 24.6 Å². The average Bonchev–Trinajstić information content (AvgIpc) is 3.41. The number of carbonyl (C=O) groups excluding carboxylic acids is 3. The van der Waals surface area contributed by atoms with Gasteiger partial charge in [-0.25, -0.2) is 0 Å². The normalized spacial score (nSPS) is 28.7. The van der Waals surface area contributed by atoms with E-state index in [2.05, 4.69) is 10.2 Å². The van der Waals surface area contributed by atoms with Gasteiger partial charge in [0.15, 0.2) is 0 Å². The van der Waals surface area contributed by atoms with Crippen molar-refractivity contribution in [2.75, 3.05) is 32.9 Å². The summed E-state index contributed by atoms with van der Waals surface area (Å²) in [4.78, 5) is 40.6. The Balaban J connectivity index is 1.21. The van der Waals surface area contributed by atoms with Gasteiger partial charge in [0.25, 0.3) is 5.91 Å². The summed E-state index contributed by atoms with van der Waals surface area (Å²) in [5.74, 6) is 0.571. The standard InChI is InChI=1S/C24H31N3O5/c28-22-7-6-21(23(29)25-22)27-13-17-11-19(4-5-20(17)24(27)30)32-15-18-3-1-2-9-26(18)12-16-8-10-31-14-16/h4-5,11,16,18,21H,1-3,6-10,12-15H2,(H,25,28,29)/t16?,18-,21?/m1/s1. The minimum atomic E-state index is -0.590. The van der Waals surface area contributed by atoms with Gasteiger partial charge >= 0.3 is 0 Å². The summed E-state index contributed by atoms with van der Waals surface area (Å²) < 4.78 is 11.7. The van der Waals surface area contributed by atoms with Crippen molar-refractivity contribution in [1.29, 1.82) is 0 Å². The second-order valence-corrected chi connectivity index (χ2v) is 9.40. The third-order valence-corrected chi connectivity index (χ3v) is 7.20. The molecule has 172 valence electrons. The van der Waals surface area contributed by atoms with Gasteiger partial charge in [0.2, 0.25) is 11.8 Å². The summed E-state index contributed by atoms with van der Waals surface area (Å²) in [6.45, 7) is 4.94. The molecule has 0 aromatic heterocycles. The Labute approximate surface area is 188 Å². The molecule has 8 heteroatoms.